The molecular formula is C24H28N4O6. The average molecular weight is 469 g/mol. The molecule has 10 heteroatoms. The van der Waals surface area contributed by atoms with Crippen molar-refractivity contribution in [2.75, 3.05) is 13.7 Å². The molecule has 2 aromatic carbocycles. The third-order valence-corrected chi connectivity index (χ3v) is 4.87. The van der Waals surface area contributed by atoms with Gasteiger partial charge in [0.05, 0.1) is 22.6 Å². The van der Waals surface area contributed by atoms with Gasteiger partial charge in [-0.05, 0) is 57.6 Å². The smallest absolute Gasteiger partial charge is 0.331 e. The molecule has 0 aliphatic rings. The molecule has 0 spiro atoms. The van der Waals surface area contributed by atoms with Crippen molar-refractivity contribution in [3.05, 3.63) is 63.8 Å². The van der Waals surface area contributed by atoms with E-state index in [1.807, 2.05) is 24.5 Å². The van der Waals surface area contributed by atoms with Gasteiger partial charge in [0.1, 0.15) is 11.5 Å². The van der Waals surface area contributed by atoms with Crippen LogP contribution >= 0.6 is 0 Å². The van der Waals surface area contributed by atoms with Crippen molar-refractivity contribution < 1.29 is 24.1 Å². The molecule has 180 valence electrons. The van der Waals surface area contributed by atoms with Crippen molar-refractivity contribution in [3.8, 4) is 11.4 Å². The summed E-state index contributed by atoms with van der Waals surface area (Å²) in [5.74, 6) is -0.408. The van der Waals surface area contributed by atoms with Gasteiger partial charge < -0.3 is 19.9 Å². The highest BCUT2D eigenvalue weighted by Gasteiger charge is 2.25. The van der Waals surface area contributed by atoms with E-state index in [1.54, 1.807) is 24.3 Å². The number of benzene rings is 2. The summed E-state index contributed by atoms with van der Waals surface area (Å²) in [6.45, 7) is 6.92. The van der Waals surface area contributed by atoms with E-state index in [2.05, 4.69) is 15.7 Å². The summed E-state index contributed by atoms with van der Waals surface area (Å²) in [6, 6.07) is 11.6. The standard InChI is InChI=1S/C23H23N3O6.CH5N/c1-5-20-22(23(28)14(3)24-32-15(4)27)19-13-18(31-6-2)11-12-21(19)25(20)16-7-9-17(10-8-16)26(29)30;1-2/h7-13H,5-6H2,1-4H3;2H2,1H3/b24-14+;. The Morgan fingerprint density at radius 1 is 1.09 bits per heavy atom. The van der Waals surface area contributed by atoms with Crippen molar-refractivity contribution >= 4 is 34.1 Å². The fraction of sp³-hybridized carbons (Fsp3) is 0.292. The molecule has 0 aliphatic carbocycles. The summed E-state index contributed by atoms with van der Waals surface area (Å²) >= 11 is 0. The first-order valence-electron chi connectivity index (χ1n) is 10.7. The number of Topliss-reactive ketones (excluding diaryl/α,β-unsaturated/α-hetero) is 1. The lowest BCUT2D eigenvalue weighted by Crippen LogP contribution is -2.14. The molecule has 10 nitrogen and oxygen atoms in total. The Bertz CT molecular complexity index is 1230. The summed E-state index contributed by atoms with van der Waals surface area (Å²) in [4.78, 5) is 39.7. The van der Waals surface area contributed by atoms with Crippen molar-refractivity contribution in [1.82, 2.24) is 4.57 Å². The number of ether oxygens (including phenoxy) is 1. The van der Waals surface area contributed by atoms with E-state index in [1.165, 1.54) is 33.0 Å². The number of nitrogens with two attached hydrogens (primary N) is 1. The first kappa shape index (κ1) is 26.2. The second kappa shape index (κ2) is 11.7. The number of rotatable bonds is 8. The number of hydrogen-bond acceptors (Lipinski definition) is 8. The number of hydrogen-bond donors (Lipinski definition) is 1. The van der Waals surface area contributed by atoms with Crippen LogP contribution in [0.2, 0.25) is 0 Å². The zero-order valence-electron chi connectivity index (χ0n) is 19.8. The number of non-ortho nitro benzene ring substituents is 1. The molecule has 0 aliphatic heterocycles. The molecule has 1 aromatic heterocycles. The molecule has 1 heterocycles. The topological polar surface area (TPSA) is 139 Å². The number of carbonyl (C=O) groups excluding carboxylic acids is 2. The van der Waals surface area contributed by atoms with Gasteiger partial charge in [-0.2, -0.15) is 0 Å². The Labute approximate surface area is 197 Å². The van der Waals surface area contributed by atoms with E-state index >= 15 is 0 Å². The predicted molar refractivity (Wildman–Crippen MR) is 130 cm³/mol. The quantitative estimate of drug-likeness (QED) is 0.172. The zero-order chi connectivity index (χ0) is 25.4. The van der Waals surface area contributed by atoms with Crippen LogP contribution in [0.25, 0.3) is 16.6 Å². The molecule has 0 radical (unpaired) electrons. The SMILES string of the molecule is CCOc1ccc2c(c1)c(C(=O)/C(C)=N/OC(C)=O)c(CC)n2-c1ccc([N+](=O)[O-])cc1.CN. The van der Waals surface area contributed by atoms with E-state index in [9.17, 15) is 19.7 Å². The normalized spacial score (nSPS) is 10.9. The number of oxime groups is 1. The third kappa shape index (κ3) is 5.46. The van der Waals surface area contributed by atoms with Crippen molar-refractivity contribution in [2.24, 2.45) is 10.9 Å². The summed E-state index contributed by atoms with van der Waals surface area (Å²) in [5, 5.41) is 15.4. The lowest BCUT2D eigenvalue weighted by molar-refractivity contribution is -0.384. The molecule has 0 amide bonds. The second-order valence-electron chi connectivity index (χ2n) is 6.98. The number of ketones is 1. The minimum absolute atomic E-state index is 0.0254. The van der Waals surface area contributed by atoms with Crippen LogP contribution in [0.15, 0.2) is 47.6 Å². The Hall–Kier alpha value is -4.05. The fourth-order valence-corrected chi connectivity index (χ4v) is 3.54. The van der Waals surface area contributed by atoms with Gasteiger partial charge in [0.25, 0.3) is 5.69 Å². The number of fused-ring (bicyclic) bond motifs is 1. The highest BCUT2D eigenvalue weighted by molar-refractivity contribution is 6.47. The number of carbonyl (C=O) groups is 2. The van der Waals surface area contributed by atoms with E-state index in [4.69, 9.17) is 4.74 Å². The lowest BCUT2D eigenvalue weighted by Gasteiger charge is -2.11. The summed E-state index contributed by atoms with van der Waals surface area (Å²) in [5.41, 5.74) is 7.03. The van der Waals surface area contributed by atoms with Gasteiger partial charge in [0, 0.05) is 35.8 Å². The molecular weight excluding hydrogens is 440 g/mol. The molecule has 3 rings (SSSR count). The number of aromatic nitrogens is 1. The van der Waals surface area contributed by atoms with Gasteiger partial charge in [-0.3, -0.25) is 14.9 Å². The molecule has 0 fully saturated rings. The van der Waals surface area contributed by atoms with Crippen LogP contribution in [-0.4, -0.2) is 40.6 Å². The highest BCUT2D eigenvalue weighted by atomic mass is 16.7. The Kier molecular flexibility index (Phi) is 9.02. The van der Waals surface area contributed by atoms with Gasteiger partial charge >= 0.3 is 5.97 Å². The number of nitro groups is 1. The molecule has 3 aromatic rings. The third-order valence-electron chi connectivity index (χ3n) is 4.87. The average Bonchev–Trinajstić information content (AvgIpc) is 3.17. The van der Waals surface area contributed by atoms with E-state index in [0.29, 0.717) is 41.1 Å². The molecule has 0 bridgehead atoms. The van der Waals surface area contributed by atoms with Crippen LogP contribution in [-0.2, 0) is 16.1 Å². The number of nitrogens with zero attached hydrogens (tertiary/aromatic N) is 3. The van der Waals surface area contributed by atoms with Crippen LogP contribution < -0.4 is 10.5 Å². The van der Waals surface area contributed by atoms with Gasteiger partial charge in [0.2, 0.25) is 5.78 Å². The summed E-state index contributed by atoms with van der Waals surface area (Å²) in [7, 11) is 1.50. The van der Waals surface area contributed by atoms with Gasteiger partial charge in [-0.25, -0.2) is 4.79 Å². The van der Waals surface area contributed by atoms with Crippen LogP contribution in [0, 0.1) is 10.1 Å². The lowest BCUT2D eigenvalue weighted by atomic mass is 10.0. The monoisotopic (exact) mass is 468 g/mol. The minimum Gasteiger partial charge on any atom is -0.494 e. The molecule has 0 unspecified atom stereocenters. The van der Waals surface area contributed by atoms with Gasteiger partial charge in [0.15, 0.2) is 0 Å². The van der Waals surface area contributed by atoms with Crippen molar-refractivity contribution in [3.63, 3.8) is 0 Å². The maximum atomic E-state index is 13.3. The van der Waals surface area contributed by atoms with Crippen LogP contribution in [0.3, 0.4) is 0 Å². The Morgan fingerprint density at radius 3 is 2.26 bits per heavy atom. The Balaban J connectivity index is 0.00000199. The van der Waals surface area contributed by atoms with Crippen LogP contribution in [0.1, 0.15) is 43.7 Å². The van der Waals surface area contributed by atoms with E-state index in [-0.39, 0.29) is 17.2 Å². The number of nitro benzene ring substituents is 1. The van der Waals surface area contributed by atoms with E-state index < -0.39 is 10.9 Å². The largest absolute Gasteiger partial charge is 0.494 e. The molecule has 2 N–H and O–H groups in total. The van der Waals surface area contributed by atoms with Gasteiger partial charge in [-0.1, -0.05) is 12.1 Å². The first-order valence-corrected chi connectivity index (χ1v) is 10.7. The van der Waals surface area contributed by atoms with Crippen LogP contribution in [0.5, 0.6) is 5.75 Å². The first-order chi connectivity index (χ1) is 16.3. The maximum absolute atomic E-state index is 13.3. The van der Waals surface area contributed by atoms with E-state index in [0.717, 1.165) is 5.52 Å². The second-order valence-corrected chi connectivity index (χ2v) is 6.98. The van der Waals surface area contributed by atoms with Crippen molar-refractivity contribution in [1.29, 1.82) is 0 Å². The zero-order valence-corrected chi connectivity index (χ0v) is 19.8. The maximum Gasteiger partial charge on any atom is 0.331 e. The minimum atomic E-state index is -0.625. The summed E-state index contributed by atoms with van der Waals surface area (Å²) < 4.78 is 7.51. The van der Waals surface area contributed by atoms with Crippen molar-refractivity contribution in [2.45, 2.75) is 34.1 Å². The Morgan fingerprint density at radius 2 is 1.74 bits per heavy atom. The highest BCUT2D eigenvalue weighted by Crippen LogP contribution is 2.34. The molecule has 0 saturated heterocycles. The predicted octanol–water partition coefficient (Wildman–Crippen LogP) is 4.20. The molecule has 0 saturated carbocycles. The van der Waals surface area contributed by atoms with Crippen LogP contribution in [0.4, 0.5) is 5.69 Å². The van der Waals surface area contributed by atoms with Gasteiger partial charge in [-0.15, -0.1) is 0 Å². The molecule has 0 atom stereocenters. The fourth-order valence-electron chi connectivity index (χ4n) is 3.54. The molecule has 34 heavy (non-hydrogen) atoms. The summed E-state index contributed by atoms with van der Waals surface area (Å²) in [6.07, 6.45) is 0.498.